The Balaban J connectivity index is 2.04. The lowest BCUT2D eigenvalue weighted by atomic mass is 9.86. The van der Waals surface area contributed by atoms with Gasteiger partial charge in [-0.25, -0.2) is 0 Å². The molecule has 0 aliphatic rings. The molecule has 6 nitrogen and oxygen atoms in total. The fourth-order valence-electron chi connectivity index (χ4n) is 3.34. The molecule has 0 aliphatic heterocycles. The molecule has 2 aromatic rings. The van der Waals surface area contributed by atoms with E-state index in [0.29, 0.717) is 22.6 Å². The summed E-state index contributed by atoms with van der Waals surface area (Å²) in [5.74, 6) is 0.975. The predicted molar refractivity (Wildman–Crippen MR) is 135 cm³/mol. The first-order valence-corrected chi connectivity index (χ1v) is 16.6. The van der Waals surface area contributed by atoms with Crippen LogP contribution in [-0.2, 0) is 4.12 Å². The van der Waals surface area contributed by atoms with Gasteiger partial charge in [-0.15, -0.1) is 0 Å². The van der Waals surface area contributed by atoms with Crippen molar-refractivity contribution in [1.82, 2.24) is 0 Å². The third-order valence-corrected chi connectivity index (χ3v) is 10.1. The normalized spacial score (nSPS) is 12.9. The molecule has 0 fully saturated rings. The van der Waals surface area contributed by atoms with Crippen LogP contribution in [0.5, 0.6) is 11.5 Å². The molecule has 0 aliphatic carbocycles. The van der Waals surface area contributed by atoms with Crippen molar-refractivity contribution >= 4 is 28.7 Å². The Hall–Kier alpha value is -2.27. The fourth-order valence-corrected chi connectivity index (χ4v) is 9.81. The van der Waals surface area contributed by atoms with E-state index in [1.807, 2.05) is 47.0 Å². The van der Waals surface area contributed by atoms with E-state index in [-0.39, 0.29) is 11.6 Å². The van der Waals surface area contributed by atoms with Gasteiger partial charge in [-0.05, 0) is 88.6 Å². The Bertz CT molecular complexity index is 900. The van der Waals surface area contributed by atoms with E-state index in [1.54, 1.807) is 48.5 Å². The molecule has 0 atom stereocenters. The summed E-state index contributed by atoms with van der Waals surface area (Å²) in [4.78, 5) is 24.6. The van der Waals surface area contributed by atoms with Crippen LogP contribution in [0.3, 0.4) is 0 Å². The maximum Gasteiger partial charge on any atom is 0.384 e. The molecular weight excluding hydrogens is 452 g/mol. The van der Waals surface area contributed by atoms with Crippen LogP contribution in [0.2, 0.25) is 26.2 Å². The molecule has 2 rings (SSSR count). The van der Waals surface area contributed by atoms with Crippen LogP contribution in [0.4, 0.5) is 0 Å². The number of aliphatic hydroxyl groups is 1. The average Bonchev–Trinajstić information content (AvgIpc) is 2.65. The average molecular weight is 489 g/mol. The van der Waals surface area contributed by atoms with Gasteiger partial charge in [-0.2, -0.15) is 0 Å². The van der Waals surface area contributed by atoms with E-state index >= 15 is 0 Å². The zero-order valence-corrected chi connectivity index (χ0v) is 23.1. The van der Waals surface area contributed by atoms with Gasteiger partial charge in [0.1, 0.15) is 17.1 Å². The highest BCUT2D eigenvalue weighted by molar-refractivity contribution is 6.79. The van der Waals surface area contributed by atoms with Gasteiger partial charge in [-0.1, -0.05) is 20.8 Å². The molecular formula is C25H36O6Si2. The van der Waals surface area contributed by atoms with Crippen LogP contribution < -0.4 is 8.85 Å². The van der Waals surface area contributed by atoms with Gasteiger partial charge in [0, 0.05) is 16.5 Å². The first kappa shape index (κ1) is 27.0. The Morgan fingerprint density at radius 3 is 1.30 bits per heavy atom. The van der Waals surface area contributed by atoms with Gasteiger partial charge in [-0.3, -0.25) is 9.59 Å². The number of carbonyl (C=O) groups excluding carboxylic acids is 2. The highest BCUT2D eigenvalue weighted by Gasteiger charge is 2.39. The standard InChI is InChI=1S/C25H36O6Si2/c1-24(2,3)22(26)18-10-14-20(15-11-18)29-32(6,7)31-33(8,9)30-21-16-12-19(13-17-21)23(27)25(4,5)28/h10-17,28H,1-9H3. The second-order valence-electron chi connectivity index (χ2n) is 10.6. The SMILES string of the molecule is CC(C)(C)C(=O)c1ccc(O[Si](C)(C)O[Si](C)(C)Oc2ccc(C(=O)C(C)(C)O)cc2)cc1. The Kier molecular flexibility index (Phi) is 7.80. The fraction of sp³-hybridized carbons (Fsp3) is 0.440. The third-order valence-electron chi connectivity index (χ3n) is 4.69. The lowest BCUT2D eigenvalue weighted by molar-refractivity contribution is 0.0488. The molecule has 1 N–H and O–H groups in total. The molecule has 0 amide bonds. The van der Waals surface area contributed by atoms with Gasteiger partial charge in [0.25, 0.3) is 0 Å². The molecule has 0 radical (unpaired) electrons. The minimum Gasteiger partial charge on any atom is -0.521 e. The molecule has 0 saturated carbocycles. The molecule has 2 aromatic carbocycles. The van der Waals surface area contributed by atoms with Crippen molar-refractivity contribution in [3.8, 4) is 11.5 Å². The molecule has 0 heterocycles. The zero-order valence-electron chi connectivity index (χ0n) is 21.1. The van der Waals surface area contributed by atoms with Crippen molar-refractivity contribution in [2.75, 3.05) is 0 Å². The summed E-state index contributed by atoms with van der Waals surface area (Å²) in [6.45, 7) is 16.4. The zero-order chi connectivity index (χ0) is 25.2. The number of ketones is 2. The van der Waals surface area contributed by atoms with Crippen LogP contribution in [0.15, 0.2) is 48.5 Å². The second-order valence-corrected chi connectivity index (χ2v) is 17.4. The van der Waals surface area contributed by atoms with Gasteiger partial charge >= 0.3 is 17.1 Å². The molecule has 0 aromatic heterocycles. The number of carbonyl (C=O) groups is 2. The van der Waals surface area contributed by atoms with Crippen LogP contribution >= 0.6 is 0 Å². The van der Waals surface area contributed by atoms with Gasteiger partial charge in [0.15, 0.2) is 11.6 Å². The Morgan fingerprint density at radius 1 is 0.667 bits per heavy atom. The summed E-state index contributed by atoms with van der Waals surface area (Å²) in [6.07, 6.45) is 0. The van der Waals surface area contributed by atoms with Crippen molar-refractivity contribution in [2.45, 2.75) is 66.4 Å². The highest BCUT2D eigenvalue weighted by atomic mass is 28.5. The number of rotatable bonds is 9. The third kappa shape index (κ3) is 7.92. The smallest absolute Gasteiger partial charge is 0.384 e. The minimum absolute atomic E-state index is 0.0824. The number of hydrogen-bond donors (Lipinski definition) is 1. The highest BCUT2D eigenvalue weighted by Crippen LogP contribution is 2.26. The van der Waals surface area contributed by atoms with Crippen molar-refractivity contribution in [3.05, 3.63) is 59.7 Å². The lowest BCUT2D eigenvalue weighted by Gasteiger charge is -2.33. The van der Waals surface area contributed by atoms with Gasteiger partial charge in [0.05, 0.1) is 0 Å². The maximum atomic E-state index is 12.4. The Labute approximate surface area is 199 Å². The van der Waals surface area contributed by atoms with Crippen molar-refractivity contribution in [3.63, 3.8) is 0 Å². The van der Waals surface area contributed by atoms with Crippen LogP contribution in [-0.4, -0.2) is 39.4 Å². The van der Waals surface area contributed by atoms with E-state index in [0.717, 1.165) is 0 Å². The monoisotopic (exact) mass is 488 g/mol. The minimum atomic E-state index is -2.62. The molecule has 8 heteroatoms. The van der Waals surface area contributed by atoms with Crippen molar-refractivity contribution in [1.29, 1.82) is 0 Å². The summed E-state index contributed by atoms with van der Waals surface area (Å²) in [5, 5.41) is 9.90. The quantitative estimate of drug-likeness (QED) is 0.358. The van der Waals surface area contributed by atoms with E-state index in [4.69, 9.17) is 13.0 Å². The van der Waals surface area contributed by atoms with E-state index < -0.39 is 28.1 Å². The van der Waals surface area contributed by atoms with E-state index in [1.165, 1.54) is 13.8 Å². The summed E-state index contributed by atoms with van der Waals surface area (Å²) < 4.78 is 18.7. The molecule has 0 unspecified atom stereocenters. The summed E-state index contributed by atoms with van der Waals surface area (Å²) in [7, 11) is -5.22. The van der Waals surface area contributed by atoms with E-state index in [9.17, 15) is 14.7 Å². The lowest BCUT2D eigenvalue weighted by Crippen LogP contribution is -2.52. The first-order chi connectivity index (χ1) is 14.9. The summed E-state index contributed by atoms with van der Waals surface area (Å²) in [5.41, 5.74) is -0.793. The maximum absolute atomic E-state index is 12.4. The number of benzene rings is 2. The van der Waals surface area contributed by atoms with Gasteiger partial charge in [0.2, 0.25) is 0 Å². The topological polar surface area (TPSA) is 82.1 Å². The molecule has 0 saturated heterocycles. The molecule has 0 bridgehead atoms. The van der Waals surface area contributed by atoms with Crippen LogP contribution in [0.1, 0.15) is 55.3 Å². The summed E-state index contributed by atoms with van der Waals surface area (Å²) in [6, 6.07) is 13.8. The van der Waals surface area contributed by atoms with Crippen LogP contribution in [0, 0.1) is 5.41 Å². The van der Waals surface area contributed by atoms with Crippen LogP contribution in [0.25, 0.3) is 0 Å². The number of Topliss-reactive ketones (excluding diaryl/α,β-unsaturated/α-hetero) is 2. The van der Waals surface area contributed by atoms with Crippen molar-refractivity contribution in [2.24, 2.45) is 5.41 Å². The molecule has 180 valence electrons. The molecule has 0 spiro atoms. The predicted octanol–water partition coefficient (Wildman–Crippen LogP) is 5.75. The Morgan fingerprint density at radius 2 is 1.00 bits per heavy atom. The van der Waals surface area contributed by atoms with Gasteiger partial charge < -0.3 is 18.1 Å². The number of hydrogen-bond acceptors (Lipinski definition) is 6. The van der Waals surface area contributed by atoms with E-state index in [2.05, 4.69) is 0 Å². The molecule has 33 heavy (non-hydrogen) atoms. The first-order valence-electron chi connectivity index (χ1n) is 11.0. The second kappa shape index (κ2) is 9.54. The van der Waals surface area contributed by atoms with Crippen molar-refractivity contribution < 1.29 is 27.7 Å². The summed E-state index contributed by atoms with van der Waals surface area (Å²) >= 11 is 0. The largest absolute Gasteiger partial charge is 0.521 e.